The molecule has 0 aromatic heterocycles. The van der Waals surface area contributed by atoms with Crippen molar-refractivity contribution in [2.75, 3.05) is 0 Å². The number of hydrogen-bond donors (Lipinski definition) is 2. The first kappa shape index (κ1) is 13.6. The van der Waals surface area contributed by atoms with E-state index in [4.69, 9.17) is 5.84 Å². The Bertz CT molecular complexity index is 572. The molecule has 0 amide bonds. The minimum atomic E-state index is -0.910. The molecule has 1 atom stereocenters. The summed E-state index contributed by atoms with van der Waals surface area (Å²) in [5.41, 5.74) is 3.25. The lowest BCUT2D eigenvalue weighted by molar-refractivity contribution is 0.480. The Balaban J connectivity index is 2.26. The van der Waals surface area contributed by atoms with Gasteiger partial charge in [-0.15, -0.1) is 0 Å². The number of benzene rings is 2. The normalized spacial score (nSPS) is 12.4. The summed E-state index contributed by atoms with van der Waals surface area (Å²) in [6, 6.07) is 9.27. The average molecular weight is 266 g/mol. The molecule has 3 N–H and O–H groups in total. The van der Waals surface area contributed by atoms with Crippen molar-refractivity contribution in [3.8, 4) is 0 Å². The van der Waals surface area contributed by atoms with E-state index in [1.165, 1.54) is 30.3 Å². The summed E-state index contributed by atoms with van der Waals surface area (Å²) in [6.07, 6.45) is 0.129. The van der Waals surface area contributed by atoms with Crippen molar-refractivity contribution in [2.45, 2.75) is 12.5 Å². The number of nitrogens with one attached hydrogen (secondary N) is 1. The Morgan fingerprint density at radius 3 is 2.47 bits per heavy atom. The Kier molecular flexibility index (Phi) is 4.19. The van der Waals surface area contributed by atoms with Crippen molar-refractivity contribution >= 4 is 0 Å². The quantitative estimate of drug-likeness (QED) is 0.659. The molecule has 0 heterocycles. The molecule has 2 aromatic rings. The number of halogens is 3. The van der Waals surface area contributed by atoms with E-state index in [-0.39, 0.29) is 12.0 Å². The average Bonchev–Trinajstić information content (AvgIpc) is 2.40. The molecule has 100 valence electrons. The van der Waals surface area contributed by atoms with Crippen molar-refractivity contribution in [3.63, 3.8) is 0 Å². The van der Waals surface area contributed by atoms with E-state index in [0.717, 1.165) is 6.07 Å². The highest BCUT2D eigenvalue weighted by molar-refractivity contribution is 5.25. The van der Waals surface area contributed by atoms with E-state index in [2.05, 4.69) is 5.43 Å². The van der Waals surface area contributed by atoms with Crippen LogP contribution in [0, 0.1) is 17.5 Å². The molecule has 0 aliphatic heterocycles. The van der Waals surface area contributed by atoms with Crippen molar-refractivity contribution in [1.29, 1.82) is 0 Å². The standard InChI is InChI=1S/C14H13F3N2/c15-11-5-1-3-9(7-11)13(19-18)8-10-4-2-6-12(16)14(10)17/h1-7,13,19H,8,18H2. The molecule has 2 rings (SSSR count). The maximum atomic E-state index is 13.6. The van der Waals surface area contributed by atoms with Gasteiger partial charge in [-0.2, -0.15) is 0 Å². The third-order valence-corrected chi connectivity index (χ3v) is 2.91. The Labute approximate surface area is 109 Å². The van der Waals surface area contributed by atoms with Gasteiger partial charge in [0.1, 0.15) is 5.82 Å². The molecule has 2 nitrogen and oxygen atoms in total. The summed E-state index contributed by atoms with van der Waals surface area (Å²) >= 11 is 0. The van der Waals surface area contributed by atoms with Crippen LogP contribution in [0.25, 0.3) is 0 Å². The fourth-order valence-electron chi connectivity index (χ4n) is 1.92. The lowest BCUT2D eigenvalue weighted by Crippen LogP contribution is -2.30. The van der Waals surface area contributed by atoms with Crippen molar-refractivity contribution < 1.29 is 13.2 Å². The number of hydrazine groups is 1. The van der Waals surface area contributed by atoms with Crippen LogP contribution in [0.2, 0.25) is 0 Å². The van der Waals surface area contributed by atoms with E-state index >= 15 is 0 Å². The van der Waals surface area contributed by atoms with Gasteiger partial charge in [0, 0.05) is 0 Å². The smallest absolute Gasteiger partial charge is 0.162 e. The minimum Gasteiger partial charge on any atom is -0.271 e. The first-order valence-corrected chi connectivity index (χ1v) is 5.76. The van der Waals surface area contributed by atoms with Crippen LogP contribution in [-0.4, -0.2) is 0 Å². The molecular formula is C14H13F3N2. The summed E-state index contributed by atoms with van der Waals surface area (Å²) in [4.78, 5) is 0. The maximum Gasteiger partial charge on any atom is 0.162 e. The van der Waals surface area contributed by atoms with Gasteiger partial charge in [0.05, 0.1) is 6.04 Å². The summed E-state index contributed by atoms with van der Waals surface area (Å²) in [6.45, 7) is 0. The molecule has 1 unspecified atom stereocenters. The first-order chi connectivity index (χ1) is 9.11. The zero-order chi connectivity index (χ0) is 13.8. The number of hydrogen-bond acceptors (Lipinski definition) is 2. The van der Waals surface area contributed by atoms with Crippen LogP contribution in [0.15, 0.2) is 42.5 Å². The second kappa shape index (κ2) is 5.86. The van der Waals surface area contributed by atoms with Crippen molar-refractivity contribution in [2.24, 2.45) is 5.84 Å². The van der Waals surface area contributed by atoms with Gasteiger partial charge >= 0.3 is 0 Å². The van der Waals surface area contributed by atoms with Gasteiger partial charge in [-0.1, -0.05) is 24.3 Å². The number of nitrogens with two attached hydrogens (primary N) is 1. The zero-order valence-electron chi connectivity index (χ0n) is 10.0. The lowest BCUT2D eigenvalue weighted by atomic mass is 9.99. The second-order valence-corrected chi connectivity index (χ2v) is 4.19. The SMILES string of the molecule is NNC(Cc1cccc(F)c1F)c1cccc(F)c1. The minimum absolute atomic E-state index is 0.129. The maximum absolute atomic E-state index is 13.6. The predicted molar refractivity (Wildman–Crippen MR) is 66.5 cm³/mol. The van der Waals surface area contributed by atoms with E-state index in [1.807, 2.05) is 0 Å². The van der Waals surface area contributed by atoms with Crippen LogP contribution in [0.3, 0.4) is 0 Å². The fraction of sp³-hybridized carbons (Fsp3) is 0.143. The largest absolute Gasteiger partial charge is 0.271 e. The van der Waals surface area contributed by atoms with E-state index < -0.39 is 23.5 Å². The molecule has 0 spiro atoms. The van der Waals surface area contributed by atoms with Crippen LogP contribution >= 0.6 is 0 Å². The molecule has 19 heavy (non-hydrogen) atoms. The van der Waals surface area contributed by atoms with Crippen molar-refractivity contribution in [3.05, 3.63) is 71.0 Å². The highest BCUT2D eigenvalue weighted by Crippen LogP contribution is 2.21. The Morgan fingerprint density at radius 1 is 1.05 bits per heavy atom. The summed E-state index contributed by atoms with van der Waals surface area (Å²) < 4.78 is 39.8. The summed E-state index contributed by atoms with van der Waals surface area (Å²) in [5.74, 6) is 3.18. The molecule has 0 aliphatic rings. The third-order valence-electron chi connectivity index (χ3n) is 2.91. The molecule has 0 saturated heterocycles. The predicted octanol–water partition coefficient (Wildman–Crippen LogP) is 2.85. The van der Waals surface area contributed by atoms with Crippen LogP contribution < -0.4 is 11.3 Å². The first-order valence-electron chi connectivity index (χ1n) is 5.76. The number of rotatable bonds is 4. The van der Waals surface area contributed by atoms with Gasteiger partial charge in [0.15, 0.2) is 11.6 Å². The molecule has 0 bridgehead atoms. The molecule has 5 heteroatoms. The molecule has 0 saturated carbocycles. The monoisotopic (exact) mass is 266 g/mol. The van der Waals surface area contributed by atoms with Gasteiger partial charge in [-0.25, -0.2) is 13.2 Å². The topological polar surface area (TPSA) is 38.0 Å². The Hall–Kier alpha value is -1.85. The van der Waals surface area contributed by atoms with Crippen LogP contribution in [0.5, 0.6) is 0 Å². The van der Waals surface area contributed by atoms with Crippen LogP contribution in [0.4, 0.5) is 13.2 Å². The van der Waals surface area contributed by atoms with E-state index in [1.54, 1.807) is 6.07 Å². The van der Waals surface area contributed by atoms with Gasteiger partial charge in [-0.05, 0) is 35.7 Å². The van der Waals surface area contributed by atoms with E-state index in [9.17, 15) is 13.2 Å². The zero-order valence-corrected chi connectivity index (χ0v) is 10.0. The fourth-order valence-corrected chi connectivity index (χ4v) is 1.92. The van der Waals surface area contributed by atoms with E-state index in [0.29, 0.717) is 5.56 Å². The third kappa shape index (κ3) is 3.13. The second-order valence-electron chi connectivity index (χ2n) is 4.19. The molecule has 0 radical (unpaired) electrons. The summed E-state index contributed by atoms with van der Waals surface area (Å²) in [7, 11) is 0. The molecular weight excluding hydrogens is 253 g/mol. The molecule has 0 aliphatic carbocycles. The van der Waals surface area contributed by atoms with Crippen LogP contribution in [-0.2, 0) is 6.42 Å². The highest BCUT2D eigenvalue weighted by atomic mass is 19.2. The van der Waals surface area contributed by atoms with Crippen LogP contribution in [0.1, 0.15) is 17.2 Å². The Morgan fingerprint density at radius 2 is 1.79 bits per heavy atom. The molecule has 0 fully saturated rings. The molecule has 2 aromatic carbocycles. The summed E-state index contributed by atoms with van der Waals surface area (Å²) in [5, 5.41) is 0. The van der Waals surface area contributed by atoms with Crippen molar-refractivity contribution in [1.82, 2.24) is 5.43 Å². The lowest BCUT2D eigenvalue weighted by Gasteiger charge is -2.17. The van der Waals surface area contributed by atoms with Gasteiger partial charge in [0.25, 0.3) is 0 Å². The van der Waals surface area contributed by atoms with Gasteiger partial charge < -0.3 is 0 Å². The van der Waals surface area contributed by atoms with Gasteiger partial charge in [0.2, 0.25) is 0 Å². The highest BCUT2D eigenvalue weighted by Gasteiger charge is 2.15. The van der Waals surface area contributed by atoms with Gasteiger partial charge in [-0.3, -0.25) is 11.3 Å².